The third-order valence-electron chi connectivity index (χ3n) is 11.5. The molecule has 0 saturated heterocycles. The fourth-order valence-corrected chi connectivity index (χ4v) is 7.61. The predicted molar refractivity (Wildman–Crippen MR) is 247 cm³/mol. The van der Waals surface area contributed by atoms with E-state index in [-0.39, 0.29) is 31.1 Å². The number of esters is 3. The van der Waals surface area contributed by atoms with Crippen LogP contribution in [0.25, 0.3) is 0 Å². The minimum Gasteiger partial charge on any atom is -0.462 e. The Morgan fingerprint density at radius 3 is 0.862 bits per heavy atom. The fraction of sp³-hybridized carbons (Fsp3) is 0.904. The topological polar surface area (TPSA) is 78.9 Å². The number of unbranched alkanes of at least 4 members (excludes halogenated alkanes) is 34. The molecule has 0 fully saturated rings. The lowest BCUT2D eigenvalue weighted by atomic mass is 10.0. The molecular formula is C52H98O6. The van der Waals surface area contributed by atoms with E-state index in [1.807, 2.05) is 0 Å². The zero-order valence-electron chi connectivity index (χ0n) is 39.1. The Hall–Kier alpha value is -1.85. The fourth-order valence-electron chi connectivity index (χ4n) is 7.61. The lowest BCUT2D eigenvalue weighted by Crippen LogP contribution is -2.30. The average molecular weight is 819 g/mol. The SMILES string of the molecule is CCCCCCC/C=C\CCCCCCCC(=O)OC(COC(=O)CCCCCCC)COC(=O)CCCCCCCCCCCCCCCCCCCCCCC. The van der Waals surface area contributed by atoms with E-state index >= 15 is 0 Å². The van der Waals surface area contributed by atoms with E-state index in [0.717, 1.165) is 70.6 Å². The first kappa shape index (κ1) is 56.1. The Balaban J connectivity index is 4.08. The zero-order chi connectivity index (χ0) is 42.3. The summed E-state index contributed by atoms with van der Waals surface area (Å²) in [6.07, 6.45) is 52.4. The molecule has 0 radical (unpaired) electrons. The van der Waals surface area contributed by atoms with Gasteiger partial charge in [0, 0.05) is 19.3 Å². The van der Waals surface area contributed by atoms with Crippen molar-refractivity contribution >= 4 is 17.9 Å². The lowest BCUT2D eigenvalue weighted by molar-refractivity contribution is -0.167. The van der Waals surface area contributed by atoms with Crippen molar-refractivity contribution in [3.63, 3.8) is 0 Å². The van der Waals surface area contributed by atoms with Gasteiger partial charge in [0.15, 0.2) is 6.10 Å². The van der Waals surface area contributed by atoms with E-state index in [9.17, 15) is 14.4 Å². The van der Waals surface area contributed by atoms with E-state index in [2.05, 4.69) is 32.9 Å². The van der Waals surface area contributed by atoms with Gasteiger partial charge in [-0.3, -0.25) is 14.4 Å². The van der Waals surface area contributed by atoms with Gasteiger partial charge in [0.05, 0.1) is 0 Å². The van der Waals surface area contributed by atoms with Gasteiger partial charge >= 0.3 is 17.9 Å². The minimum absolute atomic E-state index is 0.0696. The number of allylic oxidation sites excluding steroid dienone is 2. The zero-order valence-corrected chi connectivity index (χ0v) is 39.1. The van der Waals surface area contributed by atoms with Gasteiger partial charge in [0.25, 0.3) is 0 Å². The molecule has 0 spiro atoms. The Kier molecular flexibility index (Phi) is 46.3. The Morgan fingerprint density at radius 2 is 0.569 bits per heavy atom. The second-order valence-corrected chi connectivity index (χ2v) is 17.4. The molecule has 6 nitrogen and oxygen atoms in total. The molecule has 0 amide bonds. The highest BCUT2D eigenvalue weighted by molar-refractivity contribution is 5.71. The van der Waals surface area contributed by atoms with Crippen LogP contribution in [0.2, 0.25) is 0 Å². The van der Waals surface area contributed by atoms with Gasteiger partial charge in [-0.25, -0.2) is 0 Å². The van der Waals surface area contributed by atoms with Crippen LogP contribution >= 0.6 is 0 Å². The summed E-state index contributed by atoms with van der Waals surface area (Å²) in [4.78, 5) is 37.6. The van der Waals surface area contributed by atoms with E-state index < -0.39 is 6.10 Å². The van der Waals surface area contributed by atoms with E-state index in [4.69, 9.17) is 14.2 Å². The molecule has 0 aromatic heterocycles. The maximum atomic E-state index is 12.7. The summed E-state index contributed by atoms with van der Waals surface area (Å²) in [7, 11) is 0. The first-order chi connectivity index (χ1) is 28.5. The molecule has 0 rings (SSSR count). The number of hydrogen-bond donors (Lipinski definition) is 0. The van der Waals surface area contributed by atoms with E-state index in [0.29, 0.717) is 19.3 Å². The molecule has 0 aliphatic carbocycles. The average Bonchev–Trinajstić information content (AvgIpc) is 3.22. The maximum absolute atomic E-state index is 12.7. The van der Waals surface area contributed by atoms with Gasteiger partial charge in [0.1, 0.15) is 13.2 Å². The molecule has 1 unspecified atom stereocenters. The summed E-state index contributed by atoms with van der Waals surface area (Å²) in [5.41, 5.74) is 0. The largest absolute Gasteiger partial charge is 0.462 e. The first-order valence-electron chi connectivity index (χ1n) is 25.7. The van der Waals surface area contributed by atoms with Crippen molar-refractivity contribution in [2.45, 2.75) is 290 Å². The second-order valence-electron chi connectivity index (χ2n) is 17.4. The molecule has 342 valence electrons. The molecule has 0 aliphatic rings. The normalized spacial score (nSPS) is 12.0. The van der Waals surface area contributed by atoms with Gasteiger partial charge in [-0.2, -0.15) is 0 Å². The predicted octanol–water partition coefficient (Wildman–Crippen LogP) is 16.6. The van der Waals surface area contributed by atoms with Gasteiger partial charge in [-0.1, -0.05) is 232 Å². The van der Waals surface area contributed by atoms with Crippen LogP contribution in [0, 0.1) is 0 Å². The summed E-state index contributed by atoms with van der Waals surface area (Å²) in [5, 5.41) is 0. The Labute approximate surface area is 360 Å². The van der Waals surface area contributed by atoms with Gasteiger partial charge < -0.3 is 14.2 Å². The molecule has 0 saturated carbocycles. The van der Waals surface area contributed by atoms with Crippen LogP contribution < -0.4 is 0 Å². The molecular weight excluding hydrogens is 721 g/mol. The Morgan fingerprint density at radius 1 is 0.328 bits per heavy atom. The van der Waals surface area contributed by atoms with Crippen molar-refractivity contribution < 1.29 is 28.6 Å². The highest BCUT2D eigenvalue weighted by atomic mass is 16.6. The van der Waals surface area contributed by atoms with Crippen LogP contribution in [-0.2, 0) is 28.6 Å². The number of rotatable bonds is 47. The van der Waals surface area contributed by atoms with Crippen molar-refractivity contribution in [2.24, 2.45) is 0 Å². The van der Waals surface area contributed by atoms with Crippen molar-refractivity contribution in [1.82, 2.24) is 0 Å². The van der Waals surface area contributed by atoms with Crippen molar-refractivity contribution in [1.29, 1.82) is 0 Å². The number of carbonyl (C=O) groups is 3. The first-order valence-corrected chi connectivity index (χ1v) is 25.7. The summed E-state index contributed by atoms with van der Waals surface area (Å²) in [5.74, 6) is -0.879. The molecule has 0 bridgehead atoms. The highest BCUT2D eigenvalue weighted by Gasteiger charge is 2.19. The number of ether oxygens (including phenoxy) is 3. The minimum atomic E-state index is -0.765. The third-order valence-corrected chi connectivity index (χ3v) is 11.5. The highest BCUT2D eigenvalue weighted by Crippen LogP contribution is 2.16. The summed E-state index contributed by atoms with van der Waals surface area (Å²) < 4.78 is 16.7. The Bertz CT molecular complexity index is 900. The second kappa shape index (κ2) is 47.8. The molecule has 1 atom stereocenters. The van der Waals surface area contributed by atoms with Crippen LogP contribution in [0.1, 0.15) is 284 Å². The van der Waals surface area contributed by atoms with Crippen molar-refractivity contribution in [3.05, 3.63) is 12.2 Å². The van der Waals surface area contributed by atoms with Crippen LogP contribution in [0.3, 0.4) is 0 Å². The smallest absolute Gasteiger partial charge is 0.306 e. The number of hydrogen-bond acceptors (Lipinski definition) is 6. The molecule has 6 heteroatoms. The monoisotopic (exact) mass is 819 g/mol. The quantitative estimate of drug-likeness (QED) is 0.0263. The third kappa shape index (κ3) is 45.2. The van der Waals surface area contributed by atoms with Crippen LogP contribution in [0.5, 0.6) is 0 Å². The summed E-state index contributed by atoms with van der Waals surface area (Å²) in [6, 6.07) is 0. The summed E-state index contributed by atoms with van der Waals surface area (Å²) >= 11 is 0. The molecule has 0 aliphatic heterocycles. The van der Waals surface area contributed by atoms with Crippen LogP contribution in [0.4, 0.5) is 0 Å². The van der Waals surface area contributed by atoms with Gasteiger partial charge in [0.2, 0.25) is 0 Å². The standard InChI is InChI=1S/C52H98O6/c1-4-7-10-13-15-17-19-21-23-24-25-26-27-28-29-31-32-34-36-39-42-45-51(54)57-48-49(47-56-50(53)44-41-38-12-9-6-3)58-52(55)46-43-40-37-35-33-30-22-20-18-16-14-11-8-5-2/h20,22,49H,4-19,21,23-48H2,1-3H3/b22-20-. The molecule has 0 aromatic carbocycles. The van der Waals surface area contributed by atoms with Crippen LogP contribution in [0.15, 0.2) is 12.2 Å². The molecule has 58 heavy (non-hydrogen) atoms. The van der Waals surface area contributed by atoms with E-state index in [1.165, 1.54) is 173 Å². The van der Waals surface area contributed by atoms with Gasteiger partial charge in [-0.05, 0) is 44.9 Å². The van der Waals surface area contributed by atoms with Crippen LogP contribution in [-0.4, -0.2) is 37.2 Å². The van der Waals surface area contributed by atoms with Crippen molar-refractivity contribution in [2.75, 3.05) is 13.2 Å². The molecule has 0 heterocycles. The van der Waals surface area contributed by atoms with E-state index in [1.54, 1.807) is 0 Å². The number of carbonyl (C=O) groups excluding carboxylic acids is 3. The maximum Gasteiger partial charge on any atom is 0.306 e. The van der Waals surface area contributed by atoms with Gasteiger partial charge in [-0.15, -0.1) is 0 Å². The van der Waals surface area contributed by atoms with Crippen molar-refractivity contribution in [3.8, 4) is 0 Å². The lowest BCUT2D eigenvalue weighted by Gasteiger charge is -2.18. The summed E-state index contributed by atoms with van der Waals surface area (Å²) in [6.45, 7) is 6.57. The molecule has 0 aromatic rings. The molecule has 0 N–H and O–H groups in total.